The number of hydrogen-bond donors (Lipinski definition) is 6. The van der Waals surface area contributed by atoms with Crippen LogP contribution in [0.2, 0.25) is 5.02 Å². The minimum Gasteiger partial charge on any atom is -0.374 e. The fourth-order valence-corrected chi connectivity index (χ4v) is 8.00. The number of halogens is 2. The van der Waals surface area contributed by atoms with Crippen molar-refractivity contribution in [3.63, 3.8) is 0 Å². The highest BCUT2D eigenvalue weighted by Crippen LogP contribution is 2.31. The summed E-state index contributed by atoms with van der Waals surface area (Å²) in [5.74, 6) is -1.68. The average Bonchev–Trinajstić information content (AvgIpc) is 3.27. The Balaban J connectivity index is 0.738. The molecular weight excluding hydrogens is 823 g/mol. The number of carbonyl (C=O) groups is 4. The van der Waals surface area contributed by atoms with Crippen LogP contribution in [0, 0.1) is 5.82 Å². The predicted molar refractivity (Wildman–Crippen MR) is 242 cm³/mol. The third-order valence-corrected chi connectivity index (χ3v) is 11.7. The molecule has 0 bridgehead atoms. The van der Waals surface area contributed by atoms with E-state index in [0.29, 0.717) is 52.1 Å². The number of rotatable bonds is 12. The molecule has 63 heavy (non-hydrogen) atoms. The molecule has 0 spiro atoms. The molecule has 1 atom stereocenters. The summed E-state index contributed by atoms with van der Waals surface area (Å²) in [6, 6.07) is 34.5. The normalized spacial score (nSPS) is 16.3. The maximum atomic E-state index is 14.7. The Kier molecular flexibility index (Phi) is 11.7. The second-order valence-electron chi connectivity index (χ2n) is 15.6. The van der Waals surface area contributed by atoms with Crippen LogP contribution in [0.1, 0.15) is 44.7 Å². The van der Waals surface area contributed by atoms with Crippen molar-refractivity contribution in [2.75, 3.05) is 51.1 Å². The minimum atomic E-state index is -0.665. The molecular formula is C47H42ClFN10O4. The lowest BCUT2D eigenvalue weighted by Gasteiger charge is -2.48. The van der Waals surface area contributed by atoms with Gasteiger partial charge in [-0.15, -0.1) is 0 Å². The number of para-hydroxylation sites is 1. The van der Waals surface area contributed by atoms with E-state index < -0.39 is 11.9 Å². The number of imide groups is 1. The van der Waals surface area contributed by atoms with Crippen molar-refractivity contribution >= 4 is 81.1 Å². The van der Waals surface area contributed by atoms with Gasteiger partial charge in [0.1, 0.15) is 6.04 Å². The van der Waals surface area contributed by atoms with E-state index in [9.17, 15) is 23.6 Å². The molecule has 2 saturated heterocycles. The first-order chi connectivity index (χ1) is 30.6. The summed E-state index contributed by atoms with van der Waals surface area (Å²) < 4.78 is 14.7. The van der Waals surface area contributed by atoms with Crippen molar-refractivity contribution in [1.82, 2.24) is 20.2 Å². The van der Waals surface area contributed by atoms with E-state index in [0.717, 1.165) is 55.9 Å². The van der Waals surface area contributed by atoms with Gasteiger partial charge in [0.05, 0.1) is 16.9 Å². The van der Waals surface area contributed by atoms with Gasteiger partial charge in [-0.1, -0.05) is 29.8 Å². The summed E-state index contributed by atoms with van der Waals surface area (Å²) in [6.45, 7) is 3.64. The summed E-state index contributed by atoms with van der Waals surface area (Å²) in [6.07, 6.45) is 2.76. The van der Waals surface area contributed by atoms with Crippen molar-refractivity contribution < 1.29 is 23.6 Å². The predicted octanol–water partition coefficient (Wildman–Crippen LogP) is 7.72. The van der Waals surface area contributed by atoms with Gasteiger partial charge in [-0.2, -0.15) is 4.98 Å². The molecule has 0 saturated carbocycles. The number of piperidine rings is 1. The molecule has 1 unspecified atom stereocenters. The van der Waals surface area contributed by atoms with Gasteiger partial charge in [-0.3, -0.25) is 29.4 Å². The number of hydrogen-bond acceptors (Lipinski definition) is 11. The van der Waals surface area contributed by atoms with Crippen LogP contribution in [-0.4, -0.2) is 70.2 Å². The van der Waals surface area contributed by atoms with Gasteiger partial charge in [0, 0.05) is 78.2 Å². The van der Waals surface area contributed by atoms with Gasteiger partial charge >= 0.3 is 0 Å². The van der Waals surface area contributed by atoms with Gasteiger partial charge in [0.25, 0.3) is 11.8 Å². The summed E-state index contributed by atoms with van der Waals surface area (Å²) in [5, 5.41) is 17.8. The molecule has 16 heteroatoms. The van der Waals surface area contributed by atoms with Crippen LogP contribution in [0.25, 0.3) is 0 Å². The molecule has 14 nitrogen and oxygen atoms in total. The van der Waals surface area contributed by atoms with Crippen LogP contribution in [0.4, 0.5) is 50.3 Å². The van der Waals surface area contributed by atoms with Gasteiger partial charge in [-0.25, -0.2) is 9.37 Å². The Morgan fingerprint density at radius 3 is 2.13 bits per heavy atom. The fourth-order valence-electron chi connectivity index (χ4n) is 7.81. The Hall–Kier alpha value is -7.36. The van der Waals surface area contributed by atoms with Crippen molar-refractivity contribution in [3.8, 4) is 0 Å². The molecule has 1 aromatic heterocycles. The Morgan fingerprint density at radius 2 is 1.41 bits per heavy atom. The van der Waals surface area contributed by atoms with Crippen LogP contribution < -0.4 is 36.8 Å². The van der Waals surface area contributed by atoms with Crippen LogP contribution in [0.3, 0.4) is 0 Å². The number of carbonyl (C=O) groups excluding carboxylic acids is 4. The number of nitrogens with zero attached hydrogens (tertiary/aromatic N) is 4. The maximum Gasteiger partial charge on any atom is 0.255 e. The molecule has 0 radical (unpaired) electrons. The van der Waals surface area contributed by atoms with Crippen LogP contribution in [0.15, 0.2) is 121 Å². The lowest BCUT2D eigenvalue weighted by atomic mass is 9.95. The zero-order valence-electron chi connectivity index (χ0n) is 33.8. The topological polar surface area (TPSA) is 173 Å². The van der Waals surface area contributed by atoms with E-state index in [1.165, 1.54) is 11.1 Å². The molecule has 3 aliphatic rings. The van der Waals surface area contributed by atoms with Crippen molar-refractivity contribution in [1.29, 1.82) is 0 Å². The molecule has 5 aromatic carbocycles. The van der Waals surface area contributed by atoms with Gasteiger partial charge in [0.15, 0.2) is 11.6 Å². The zero-order valence-corrected chi connectivity index (χ0v) is 34.6. The van der Waals surface area contributed by atoms with Crippen LogP contribution >= 0.6 is 11.6 Å². The van der Waals surface area contributed by atoms with E-state index in [1.54, 1.807) is 72.8 Å². The minimum absolute atomic E-state index is 0.0634. The standard InChI is InChI=1S/C47H42ClFN10O4/c48-38-3-1-2-4-40(38)55-45(62)29-5-10-33(11-6-29)52-43-39(49)24-50-47(57-43)54-34-12-7-28(8-13-34)44(61)53-35-14-9-31-25-58(22-21-30(31)23-35)37-26-59(27-37)36-17-15-32(16-18-36)51-41-19-20-42(60)56-46(41)63/h1-18,23-24,37,41,51H,19-22,25-27H2,(H,53,61)(H,55,62)(H,56,60,63)(H2,50,52,54,57). The zero-order chi connectivity index (χ0) is 43.5. The highest BCUT2D eigenvalue weighted by Gasteiger charge is 2.34. The van der Waals surface area contributed by atoms with Crippen LogP contribution in [-0.2, 0) is 22.6 Å². The highest BCUT2D eigenvalue weighted by molar-refractivity contribution is 6.33. The second kappa shape index (κ2) is 17.9. The molecule has 6 aromatic rings. The lowest BCUT2D eigenvalue weighted by molar-refractivity contribution is -0.133. The lowest BCUT2D eigenvalue weighted by Crippen LogP contribution is -2.60. The van der Waals surface area contributed by atoms with Crippen molar-refractivity contribution in [2.45, 2.75) is 37.9 Å². The number of fused-ring (bicyclic) bond motifs is 1. The average molecular weight is 865 g/mol. The smallest absolute Gasteiger partial charge is 0.255 e. The molecule has 2 fully saturated rings. The summed E-state index contributed by atoms with van der Waals surface area (Å²) >= 11 is 6.16. The van der Waals surface area contributed by atoms with Gasteiger partial charge in [-0.05, 0) is 121 Å². The number of aromatic nitrogens is 2. The third-order valence-electron chi connectivity index (χ3n) is 11.4. The summed E-state index contributed by atoms with van der Waals surface area (Å²) in [4.78, 5) is 62.7. The molecule has 318 valence electrons. The van der Waals surface area contributed by atoms with Gasteiger partial charge < -0.3 is 31.5 Å². The molecule has 0 aliphatic carbocycles. The number of nitrogens with one attached hydrogen (secondary N) is 6. The summed E-state index contributed by atoms with van der Waals surface area (Å²) in [7, 11) is 0. The molecule has 4 heterocycles. The molecule has 9 rings (SSSR count). The van der Waals surface area contributed by atoms with Crippen molar-refractivity contribution in [2.24, 2.45) is 0 Å². The Morgan fingerprint density at radius 1 is 0.746 bits per heavy atom. The summed E-state index contributed by atoms with van der Waals surface area (Å²) in [5.41, 5.74) is 7.65. The Labute approximate surface area is 367 Å². The molecule has 3 aliphatic heterocycles. The molecule has 6 N–H and O–H groups in total. The first-order valence-electron chi connectivity index (χ1n) is 20.6. The number of amides is 4. The monoisotopic (exact) mass is 864 g/mol. The first-order valence-corrected chi connectivity index (χ1v) is 20.9. The van der Waals surface area contributed by atoms with E-state index in [4.69, 9.17) is 11.6 Å². The highest BCUT2D eigenvalue weighted by atomic mass is 35.5. The SMILES string of the molecule is O=C1CCC(Nc2ccc(N3CC(N4CCc5cc(NC(=O)c6ccc(Nc7ncc(F)c(Nc8ccc(C(=O)Nc9ccccc9Cl)cc8)n7)cc6)ccc5C4)C3)cc2)C(=O)N1. The van der Waals surface area contributed by atoms with Crippen molar-refractivity contribution in [3.05, 3.63) is 155 Å². The fraction of sp³-hybridized carbons (Fsp3) is 0.191. The number of benzene rings is 5. The largest absolute Gasteiger partial charge is 0.374 e. The van der Waals surface area contributed by atoms with E-state index >= 15 is 0 Å². The van der Waals surface area contributed by atoms with Gasteiger partial charge in [0.2, 0.25) is 17.8 Å². The Bertz CT molecular complexity index is 2700. The quantitative estimate of drug-likeness (QED) is 0.0666. The third kappa shape index (κ3) is 9.59. The van der Waals surface area contributed by atoms with E-state index in [2.05, 4.69) is 75.9 Å². The second-order valence-corrected chi connectivity index (χ2v) is 16.0. The van der Waals surface area contributed by atoms with E-state index in [1.807, 2.05) is 18.2 Å². The van der Waals surface area contributed by atoms with Crippen LogP contribution in [0.5, 0.6) is 0 Å². The molecule has 4 amide bonds. The maximum absolute atomic E-state index is 14.7. The first kappa shape index (κ1) is 41.0. The van der Waals surface area contributed by atoms with E-state index in [-0.39, 0.29) is 35.4 Å². The number of anilines is 8.